The van der Waals surface area contributed by atoms with E-state index in [1.807, 2.05) is 26.0 Å². The summed E-state index contributed by atoms with van der Waals surface area (Å²) in [5.74, 6) is 0. The molecule has 0 aliphatic rings. The number of hydrogen-bond acceptors (Lipinski definition) is 0. The van der Waals surface area contributed by atoms with Gasteiger partial charge in [-0.25, -0.2) is 0 Å². The Hall–Kier alpha value is -1.04. The monoisotopic (exact) mass is 162 g/mol. The van der Waals surface area contributed by atoms with Crippen molar-refractivity contribution >= 4 is 0 Å². The van der Waals surface area contributed by atoms with Gasteiger partial charge in [0, 0.05) is 0 Å². The van der Waals surface area contributed by atoms with Gasteiger partial charge in [-0.1, -0.05) is 43.9 Å². The Labute approximate surface area is 76.0 Å². The zero-order chi connectivity index (χ0) is 9.40. The molecule has 0 amide bonds. The van der Waals surface area contributed by atoms with Crippen LogP contribution in [0.15, 0.2) is 48.1 Å². The molecule has 0 radical (unpaired) electrons. The van der Waals surface area contributed by atoms with Crippen molar-refractivity contribution in [2.45, 2.75) is 27.2 Å². The summed E-state index contributed by atoms with van der Waals surface area (Å²) in [5.41, 5.74) is 2.56. The number of rotatable bonds is 4. The average Bonchev–Trinajstić information content (AvgIpc) is 2.11. The molecule has 0 aromatic carbocycles. The van der Waals surface area contributed by atoms with Crippen LogP contribution in [0.5, 0.6) is 0 Å². The third-order valence-electron chi connectivity index (χ3n) is 1.69. The summed E-state index contributed by atoms with van der Waals surface area (Å²) < 4.78 is 0. The first-order chi connectivity index (χ1) is 5.79. The van der Waals surface area contributed by atoms with Crippen molar-refractivity contribution in [3.8, 4) is 0 Å². The molecule has 0 aliphatic heterocycles. The van der Waals surface area contributed by atoms with Crippen LogP contribution in [0.25, 0.3) is 0 Å². The first kappa shape index (κ1) is 11.0. The lowest BCUT2D eigenvalue weighted by Crippen LogP contribution is -1.81. The summed E-state index contributed by atoms with van der Waals surface area (Å²) in [6.07, 6.45) is 11.3. The van der Waals surface area contributed by atoms with Crippen molar-refractivity contribution in [1.82, 2.24) is 0 Å². The third-order valence-corrected chi connectivity index (χ3v) is 1.69. The van der Waals surface area contributed by atoms with Gasteiger partial charge in [-0.3, -0.25) is 0 Å². The van der Waals surface area contributed by atoms with E-state index < -0.39 is 0 Å². The van der Waals surface area contributed by atoms with Crippen LogP contribution in [0.2, 0.25) is 0 Å². The zero-order valence-electron chi connectivity index (χ0n) is 8.30. The molecule has 0 heterocycles. The van der Waals surface area contributed by atoms with Crippen LogP contribution in [0, 0.1) is 0 Å². The van der Waals surface area contributed by atoms with Crippen molar-refractivity contribution < 1.29 is 0 Å². The molecule has 0 aromatic heterocycles. The fourth-order valence-corrected chi connectivity index (χ4v) is 1.11. The van der Waals surface area contributed by atoms with Crippen LogP contribution in [-0.2, 0) is 0 Å². The second-order valence-corrected chi connectivity index (χ2v) is 2.54. The molecule has 0 atom stereocenters. The van der Waals surface area contributed by atoms with E-state index in [9.17, 15) is 0 Å². The van der Waals surface area contributed by atoms with E-state index in [-0.39, 0.29) is 0 Å². The summed E-state index contributed by atoms with van der Waals surface area (Å²) in [7, 11) is 0. The average molecular weight is 162 g/mol. The molecule has 0 nitrogen and oxygen atoms in total. The van der Waals surface area contributed by atoms with E-state index >= 15 is 0 Å². The van der Waals surface area contributed by atoms with E-state index in [0.29, 0.717) is 0 Å². The van der Waals surface area contributed by atoms with Crippen molar-refractivity contribution in [2.75, 3.05) is 0 Å². The molecule has 0 N–H and O–H groups in total. The molecule has 0 unspecified atom stereocenters. The molecule has 0 bridgehead atoms. The minimum absolute atomic E-state index is 1.05. The molecule has 12 heavy (non-hydrogen) atoms. The van der Waals surface area contributed by atoms with Crippen LogP contribution in [-0.4, -0.2) is 0 Å². The fraction of sp³-hybridized carbons (Fsp3) is 0.333. The van der Waals surface area contributed by atoms with Crippen molar-refractivity contribution in [3.05, 3.63) is 48.1 Å². The Morgan fingerprint density at radius 1 is 1.17 bits per heavy atom. The van der Waals surface area contributed by atoms with Gasteiger partial charge in [0.1, 0.15) is 0 Å². The maximum Gasteiger partial charge on any atom is -0.0234 e. The largest absolute Gasteiger partial charge is 0.0985 e. The first-order valence-electron chi connectivity index (χ1n) is 4.41. The highest BCUT2D eigenvalue weighted by atomic mass is 14.0. The van der Waals surface area contributed by atoms with Crippen LogP contribution in [0.1, 0.15) is 27.2 Å². The van der Waals surface area contributed by atoms with Crippen LogP contribution < -0.4 is 0 Å². The second kappa shape index (κ2) is 6.66. The smallest absolute Gasteiger partial charge is 0.0234 e. The van der Waals surface area contributed by atoms with Gasteiger partial charge in [0.15, 0.2) is 0 Å². The normalized spacial score (nSPS) is 13.9. The quantitative estimate of drug-likeness (QED) is 0.547. The second-order valence-electron chi connectivity index (χ2n) is 2.54. The predicted octanol–water partition coefficient (Wildman–Crippen LogP) is 4.03. The minimum Gasteiger partial charge on any atom is -0.0985 e. The summed E-state index contributed by atoms with van der Waals surface area (Å²) in [5, 5.41) is 0. The molecule has 0 saturated heterocycles. The van der Waals surface area contributed by atoms with Gasteiger partial charge >= 0.3 is 0 Å². The van der Waals surface area contributed by atoms with Crippen LogP contribution in [0.4, 0.5) is 0 Å². The highest BCUT2D eigenvalue weighted by Gasteiger charge is 1.92. The SMILES string of the molecule is C=CC(/C=C\C)=C(\C=C/C)CC. The number of hydrogen-bond donors (Lipinski definition) is 0. The van der Waals surface area contributed by atoms with Crippen LogP contribution in [0.3, 0.4) is 0 Å². The van der Waals surface area contributed by atoms with E-state index in [1.165, 1.54) is 11.1 Å². The molecule has 0 aromatic rings. The fourth-order valence-electron chi connectivity index (χ4n) is 1.11. The molecule has 0 rings (SSSR count). The maximum atomic E-state index is 3.79. The minimum atomic E-state index is 1.05. The van der Waals surface area contributed by atoms with E-state index in [4.69, 9.17) is 0 Å². The molecule has 0 aliphatic carbocycles. The summed E-state index contributed by atoms with van der Waals surface area (Å²) in [4.78, 5) is 0. The van der Waals surface area contributed by atoms with Gasteiger partial charge in [0.25, 0.3) is 0 Å². The lowest BCUT2D eigenvalue weighted by Gasteiger charge is -2.01. The Morgan fingerprint density at radius 3 is 2.08 bits per heavy atom. The molecule has 0 saturated carbocycles. The Bertz CT molecular complexity index is 214. The van der Waals surface area contributed by atoms with Crippen LogP contribution >= 0.6 is 0 Å². The number of allylic oxidation sites excluding steroid dienone is 7. The molecule has 0 heteroatoms. The Balaban J connectivity index is 4.85. The maximum absolute atomic E-state index is 3.79. The predicted molar refractivity (Wildman–Crippen MR) is 57.1 cm³/mol. The third kappa shape index (κ3) is 3.38. The van der Waals surface area contributed by atoms with Gasteiger partial charge in [-0.15, -0.1) is 0 Å². The summed E-state index contributed by atoms with van der Waals surface area (Å²) >= 11 is 0. The van der Waals surface area contributed by atoms with Gasteiger partial charge in [0.05, 0.1) is 0 Å². The molecule has 0 spiro atoms. The molecule has 0 fully saturated rings. The standard InChI is InChI=1S/C12H18/c1-5-9-11(7-3)12(8-4)10-6-2/h5-7,9-10H,3,8H2,1-2,4H3/b9-5-,10-6-,12-11+. The summed E-state index contributed by atoms with van der Waals surface area (Å²) in [6.45, 7) is 10.00. The lowest BCUT2D eigenvalue weighted by molar-refractivity contribution is 1.13. The van der Waals surface area contributed by atoms with E-state index in [0.717, 1.165) is 6.42 Å². The zero-order valence-corrected chi connectivity index (χ0v) is 8.30. The Morgan fingerprint density at radius 2 is 1.75 bits per heavy atom. The lowest BCUT2D eigenvalue weighted by atomic mass is 10.0. The van der Waals surface area contributed by atoms with Gasteiger partial charge in [-0.2, -0.15) is 0 Å². The van der Waals surface area contributed by atoms with E-state index in [2.05, 4.69) is 31.7 Å². The highest BCUT2D eigenvalue weighted by molar-refractivity contribution is 5.39. The molecular weight excluding hydrogens is 144 g/mol. The van der Waals surface area contributed by atoms with Crippen molar-refractivity contribution in [3.63, 3.8) is 0 Å². The van der Waals surface area contributed by atoms with Gasteiger partial charge in [-0.05, 0) is 31.4 Å². The van der Waals surface area contributed by atoms with Crippen molar-refractivity contribution in [2.24, 2.45) is 0 Å². The van der Waals surface area contributed by atoms with Crippen molar-refractivity contribution in [1.29, 1.82) is 0 Å². The van der Waals surface area contributed by atoms with Gasteiger partial charge < -0.3 is 0 Å². The molecule has 66 valence electrons. The Kier molecular flexibility index (Phi) is 6.08. The first-order valence-corrected chi connectivity index (χ1v) is 4.41. The molecular formula is C12H18. The van der Waals surface area contributed by atoms with E-state index in [1.54, 1.807) is 0 Å². The topological polar surface area (TPSA) is 0 Å². The summed E-state index contributed by atoms with van der Waals surface area (Å²) in [6, 6.07) is 0. The highest BCUT2D eigenvalue weighted by Crippen LogP contribution is 2.12. The van der Waals surface area contributed by atoms with Gasteiger partial charge in [0.2, 0.25) is 0 Å².